The second-order valence-corrected chi connectivity index (χ2v) is 2.58. The number of hydrogen-bond donors (Lipinski definition) is 1. The summed E-state index contributed by atoms with van der Waals surface area (Å²) >= 11 is 0. The maximum Gasteiger partial charge on any atom is 0.340 e. The van der Waals surface area contributed by atoms with Crippen molar-refractivity contribution < 1.29 is 14.3 Å². The van der Waals surface area contributed by atoms with Gasteiger partial charge in [0, 0.05) is 5.92 Å². The van der Waals surface area contributed by atoms with E-state index in [0.29, 0.717) is 12.8 Å². The second kappa shape index (κ2) is 5.49. The van der Waals surface area contributed by atoms with Crippen molar-refractivity contribution in [3.8, 4) is 0 Å². The molecule has 0 spiro atoms. The van der Waals surface area contributed by atoms with Gasteiger partial charge in [-0.25, -0.2) is 4.79 Å². The van der Waals surface area contributed by atoms with Crippen LogP contribution in [0, 0.1) is 5.92 Å². The SMILES string of the molecule is C=C(C=O)C(=O)OCC(C)CN. The molecule has 2 N–H and O–H groups in total. The topological polar surface area (TPSA) is 69.4 Å². The number of ether oxygens (including phenoxy) is 1. The number of aldehydes is 1. The van der Waals surface area contributed by atoms with E-state index in [-0.39, 0.29) is 18.1 Å². The van der Waals surface area contributed by atoms with Gasteiger partial charge in [0.1, 0.15) is 0 Å². The molecule has 0 aromatic heterocycles. The minimum Gasteiger partial charge on any atom is -0.462 e. The Labute approximate surface area is 71.4 Å². The van der Waals surface area contributed by atoms with Gasteiger partial charge in [0.05, 0.1) is 12.2 Å². The van der Waals surface area contributed by atoms with Crippen LogP contribution in [0.2, 0.25) is 0 Å². The fraction of sp³-hybridized carbons (Fsp3) is 0.500. The van der Waals surface area contributed by atoms with Crippen molar-refractivity contribution in [3.05, 3.63) is 12.2 Å². The van der Waals surface area contributed by atoms with E-state index in [1.165, 1.54) is 0 Å². The molecule has 4 nitrogen and oxygen atoms in total. The summed E-state index contributed by atoms with van der Waals surface area (Å²) in [4.78, 5) is 20.8. The standard InChI is InChI=1S/C8H13NO3/c1-6(3-9)5-12-8(11)7(2)4-10/h4,6H,2-3,5,9H2,1H3. The van der Waals surface area contributed by atoms with Crippen molar-refractivity contribution in [3.63, 3.8) is 0 Å². The quantitative estimate of drug-likeness (QED) is 0.206. The molecule has 12 heavy (non-hydrogen) atoms. The first-order valence-corrected chi connectivity index (χ1v) is 3.63. The Morgan fingerprint density at radius 1 is 1.75 bits per heavy atom. The summed E-state index contributed by atoms with van der Waals surface area (Å²) in [6.45, 7) is 5.72. The number of nitrogens with two attached hydrogens (primary N) is 1. The molecular formula is C8H13NO3. The van der Waals surface area contributed by atoms with E-state index in [0.717, 1.165) is 0 Å². The molecule has 0 aromatic carbocycles. The Balaban J connectivity index is 3.71. The number of carbonyl (C=O) groups excluding carboxylic acids is 2. The van der Waals surface area contributed by atoms with Gasteiger partial charge in [0.25, 0.3) is 0 Å². The molecule has 0 rings (SSSR count). The van der Waals surface area contributed by atoms with Crippen LogP contribution in [0.5, 0.6) is 0 Å². The predicted octanol–water partition coefficient (Wildman–Crippen LogP) is -0.120. The third-order valence-corrected chi connectivity index (χ3v) is 1.31. The average molecular weight is 171 g/mol. The summed E-state index contributed by atoms with van der Waals surface area (Å²) in [6, 6.07) is 0. The molecule has 0 bridgehead atoms. The Hall–Kier alpha value is -1.16. The van der Waals surface area contributed by atoms with Crippen molar-refractivity contribution in [2.75, 3.05) is 13.2 Å². The predicted molar refractivity (Wildman–Crippen MR) is 44.4 cm³/mol. The molecule has 0 saturated carbocycles. The van der Waals surface area contributed by atoms with Gasteiger partial charge in [0.15, 0.2) is 6.29 Å². The summed E-state index contributed by atoms with van der Waals surface area (Å²) in [7, 11) is 0. The highest BCUT2D eigenvalue weighted by Crippen LogP contribution is 1.96. The normalized spacial score (nSPS) is 11.8. The third kappa shape index (κ3) is 3.88. The highest BCUT2D eigenvalue weighted by molar-refractivity contribution is 6.06. The first-order valence-electron chi connectivity index (χ1n) is 3.63. The fourth-order valence-electron chi connectivity index (χ4n) is 0.427. The van der Waals surface area contributed by atoms with Gasteiger partial charge in [-0.05, 0) is 6.54 Å². The van der Waals surface area contributed by atoms with Gasteiger partial charge in [0.2, 0.25) is 0 Å². The summed E-state index contributed by atoms with van der Waals surface area (Å²) in [5.41, 5.74) is 5.12. The molecule has 68 valence electrons. The van der Waals surface area contributed by atoms with E-state index in [2.05, 4.69) is 6.58 Å². The summed E-state index contributed by atoms with van der Waals surface area (Å²) < 4.78 is 4.70. The molecule has 0 heterocycles. The van der Waals surface area contributed by atoms with Gasteiger partial charge >= 0.3 is 5.97 Å². The van der Waals surface area contributed by atoms with Gasteiger partial charge in [-0.1, -0.05) is 13.5 Å². The summed E-state index contributed by atoms with van der Waals surface area (Å²) in [5, 5.41) is 0. The van der Waals surface area contributed by atoms with Crippen LogP contribution in [0.15, 0.2) is 12.2 Å². The molecule has 0 aliphatic carbocycles. The van der Waals surface area contributed by atoms with Crippen molar-refractivity contribution in [1.29, 1.82) is 0 Å². The molecule has 0 aliphatic heterocycles. The lowest BCUT2D eigenvalue weighted by Crippen LogP contribution is -2.19. The van der Waals surface area contributed by atoms with Crippen LogP contribution in [-0.2, 0) is 14.3 Å². The molecule has 1 unspecified atom stereocenters. The molecule has 0 amide bonds. The molecule has 0 fully saturated rings. The maximum absolute atomic E-state index is 10.8. The van der Waals surface area contributed by atoms with Gasteiger partial charge in [-0.15, -0.1) is 0 Å². The number of esters is 1. The minimum atomic E-state index is -0.676. The number of hydrogen-bond acceptors (Lipinski definition) is 4. The van der Waals surface area contributed by atoms with E-state index >= 15 is 0 Å². The highest BCUT2D eigenvalue weighted by atomic mass is 16.5. The zero-order valence-electron chi connectivity index (χ0n) is 7.08. The summed E-state index contributed by atoms with van der Waals surface area (Å²) in [5.74, 6) is -0.571. The molecule has 0 aliphatic rings. The lowest BCUT2D eigenvalue weighted by molar-refractivity contribution is -0.140. The van der Waals surface area contributed by atoms with Crippen LogP contribution < -0.4 is 5.73 Å². The summed E-state index contributed by atoms with van der Waals surface area (Å²) in [6.07, 6.45) is 0.370. The smallest absolute Gasteiger partial charge is 0.340 e. The third-order valence-electron chi connectivity index (χ3n) is 1.31. The van der Waals surface area contributed by atoms with Crippen LogP contribution in [-0.4, -0.2) is 25.4 Å². The van der Waals surface area contributed by atoms with Gasteiger partial charge in [-0.2, -0.15) is 0 Å². The van der Waals surface area contributed by atoms with Crippen LogP contribution in [0.3, 0.4) is 0 Å². The first kappa shape index (κ1) is 10.8. The van der Waals surface area contributed by atoms with Crippen LogP contribution >= 0.6 is 0 Å². The van der Waals surface area contributed by atoms with E-state index in [1.807, 2.05) is 6.92 Å². The van der Waals surface area contributed by atoms with Crippen LogP contribution in [0.4, 0.5) is 0 Å². The molecule has 0 saturated heterocycles. The lowest BCUT2D eigenvalue weighted by Gasteiger charge is -2.08. The van der Waals surface area contributed by atoms with E-state index in [1.54, 1.807) is 0 Å². The average Bonchev–Trinajstić information content (AvgIpc) is 2.11. The molecular weight excluding hydrogens is 158 g/mol. The Bertz CT molecular complexity index is 189. The molecule has 0 radical (unpaired) electrons. The minimum absolute atomic E-state index is 0.105. The monoisotopic (exact) mass is 171 g/mol. The zero-order chi connectivity index (χ0) is 9.56. The number of rotatable bonds is 5. The maximum atomic E-state index is 10.8. The van der Waals surface area contributed by atoms with Crippen LogP contribution in [0.25, 0.3) is 0 Å². The first-order chi connectivity index (χ1) is 5.61. The Morgan fingerprint density at radius 2 is 2.33 bits per heavy atom. The number of carbonyl (C=O) groups is 2. The van der Waals surface area contributed by atoms with Crippen LogP contribution in [0.1, 0.15) is 6.92 Å². The molecule has 0 aromatic rings. The lowest BCUT2D eigenvalue weighted by atomic mass is 10.2. The van der Waals surface area contributed by atoms with Crippen molar-refractivity contribution in [1.82, 2.24) is 0 Å². The second-order valence-electron chi connectivity index (χ2n) is 2.58. The van der Waals surface area contributed by atoms with Crippen molar-refractivity contribution in [2.24, 2.45) is 11.7 Å². The Kier molecular flexibility index (Phi) is 4.96. The van der Waals surface area contributed by atoms with E-state index < -0.39 is 5.97 Å². The molecule has 1 atom stereocenters. The largest absolute Gasteiger partial charge is 0.462 e. The van der Waals surface area contributed by atoms with Gasteiger partial charge in [-0.3, -0.25) is 4.79 Å². The van der Waals surface area contributed by atoms with Crippen molar-refractivity contribution in [2.45, 2.75) is 6.92 Å². The van der Waals surface area contributed by atoms with E-state index in [4.69, 9.17) is 10.5 Å². The molecule has 4 heteroatoms. The fourth-order valence-corrected chi connectivity index (χ4v) is 0.427. The zero-order valence-corrected chi connectivity index (χ0v) is 7.08. The van der Waals surface area contributed by atoms with Crippen molar-refractivity contribution >= 4 is 12.3 Å². The van der Waals surface area contributed by atoms with Gasteiger partial charge < -0.3 is 10.5 Å². The highest BCUT2D eigenvalue weighted by Gasteiger charge is 2.08. The van der Waals surface area contributed by atoms with E-state index in [9.17, 15) is 9.59 Å². The Morgan fingerprint density at radius 3 is 2.75 bits per heavy atom.